The number of ether oxygens (including phenoxy) is 2. The summed E-state index contributed by atoms with van der Waals surface area (Å²) in [5.41, 5.74) is 1.12. The van der Waals surface area contributed by atoms with Crippen LogP contribution in [0.25, 0.3) is 11.0 Å². The Bertz CT molecular complexity index is 1590. The van der Waals surface area contributed by atoms with Gasteiger partial charge < -0.3 is 24.4 Å². The molecule has 0 aliphatic carbocycles. The molecule has 3 aromatic rings. The molecule has 1 N–H and O–H groups in total. The number of allylic oxidation sites excluding steroid dienone is 1. The van der Waals surface area contributed by atoms with E-state index in [4.69, 9.17) is 9.47 Å². The Hall–Kier alpha value is -4.35. The van der Waals surface area contributed by atoms with Gasteiger partial charge in [0.25, 0.3) is 0 Å². The Labute approximate surface area is 268 Å². The lowest BCUT2D eigenvalue weighted by Crippen LogP contribution is -2.59. The maximum Gasteiger partial charge on any atom is 0.312 e. The quantitative estimate of drug-likeness (QED) is 0.155. The molecule has 3 saturated heterocycles. The van der Waals surface area contributed by atoms with Crippen molar-refractivity contribution < 1.29 is 29.0 Å². The summed E-state index contributed by atoms with van der Waals surface area (Å²) in [6, 6.07) is 15.2. The predicted molar refractivity (Wildman–Crippen MR) is 170 cm³/mol. The van der Waals surface area contributed by atoms with Gasteiger partial charge >= 0.3 is 5.97 Å². The Morgan fingerprint density at radius 1 is 1.13 bits per heavy atom. The number of aliphatic hydroxyl groups is 1. The van der Waals surface area contributed by atoms with Crippen LogP contribution in [0, 0.1) is 11.8 Å². The second-order valence-electron chi connectivity index (χ2n) is 12.3. The fourth-order valence-electron chi connectivity index (χ4n) is 7.56. The number of hydrogen-bond donors (Lipinski definition) is 1. The van der Waals surface area contributed by atoms with Crippen LogP contribution in [0.5, 0.6) is 0 Å². The highest BCUT2D eigenvalue weighted by atomic mass is 16.6. The Morgan fingerprint density at radius 3 is 2.67 bits per heavy atom. The minimum absolute atomic E-state index is 0.0622. The first-order valence-electron chi connectivity index (χ1n) is 16.0. The number of rotatable bonds is 15. The molecule has 46 heavy (non-hydrogen) atoms. The predicted octanol–water partition coefficient (Wildman–Crippen LogP) is 3.28. The molecular formula is C35H41N5O6. The smallest absolute Gasteiger partial charge is 0.312 e. The minimum atomic E-state index is -1.24. The zero-order chi connectivity index (χ0) is 32.3. The zero-order valence-corrected chi connectivity index (χ0v) is 25.9. The molecule has 6 rings (SSSR count). The van der Waals surface area contributed by atoms with E-state index < -0.39 is 41.6 Å². The molecule has 3 fully saturated rings. The van der Waals surface area contributed by atoms with E-state index in [2.05, 4.69) is 23.5 Å². The number of esters is 1. The molecule has 2 unspecified atom stereocenters. The maximum absolute atomic E-state index is 14.8. The lowest BCUT2D eigenvalue weighted by atomic mass is 9.70. The van der Waals surface area contributed by atoms with Crippen LogP contribution in [0.2, 0.25) is 0 Å². The van der Waals surface area contributed by atoms with Crippen molar-refractivity contribution in [3.05, 3.63) is 85.5 Å². The molecule has 3 aliphatic heterocycles. The van der Waals surface area contributed by atoms with E-state index in [0.29, 0.717) is 31.2 Å². The average Bonchev–Trinajstić information content (AvgIpc) is 3.83. The molecule has 4 heterocycles. The van der Waals surface area contributed by atoms with Crippen LogP contribution in [0.15, 0.2) is 79.9 Å². The third-order valence-corrected chi connectivity index (χ3v) is 9.60. The second kappa shape index (κ2) is 13.6. The number of carbonyl (C=O) groups is 3. The summed E-state index contributed by atoms with van der Waals surface area (Å²) < 4.78 is 13.9. The first-order valence-corrected chi connectivity index (χ1v) is 16.0. The summed E-state index contributed by atoms with van der Waals surface area (Å²) in [6.45, 7) is 7.72. The Morgan fingerprint density at radius 2 is 1.91 bits per heavy atom. The van der Waals surface area contributed by atoms with Crippen LogP contribution >= 0.6 is 0 Å². The summed E-state index contributed by atoms with van der Waals surface area (Å²) >= 11 is 0. The van der Waals surface area contributed by atoms with Crippen LogP contribution in [-0.4, -0.2) is 91.2 Å². The number of nitrogens with zero attached hydrogens (tertiary/aromatic N) is 5. The lowest BCUT2D eigenvalue weighted by Gasteiger charge is -2.39. The van der Waals surface area contributed by atoms with Gasteiger partial charge in [0.2, 0.25) is 11.8 Å². The molecule has 3 aliphatic rings. The van der Waals surface area contributed by atoms with Gasteiger partial charge in [-0.1, -0.05) is 59.8 Å². The highest BCUT2D eigenvalue weighted by molar-refractivity contribution is 5.98. The van der Waals surface area contributed by atoms with E-state index in [9.17, 15) is 19.5 Å². The molecule has 11 nitrogen and oxygen atoms in total. The van der Waals surface area contributed by atoms with E-state index in [1.807, 2.05) is 60.7 Å². The van der Waals surface area contributed by atoms with Crippen LogP contribution in [-0.2, 0) is 36.9 Å². The topological polar surface area (TPSA) is 127 Å². The van der Waals surface area contributed by atoms with Gasteiger partial charge in [0.15, 0.2) is 0 Å². The summed E-state index contributed by atoms with van der Waals surface area (Å²) in [6.07, 6.45) is 6.56. The molecule has 2 aromatic carbocycles. The fraction of sp³-hybridized carbons (Fsp3) is 0.457. The molecule has 0 saturated carbocycles. The van der Waals surface area contributed by atoms with Gasteiger partial charge in [0.1, 0.15) is 23.8 Å². The SMILES string of the molecule is C=CCCCCOC(=O)[C@@H]1[C@@H]2CCC3(O2)C(C(=O)N(CC=C)Cn2nnc4ccccc42)N([C@@H](CO)Cc2ccccc2)C(=O)[C@H]13. The van der Waals surface area contributed by atoms with Gasteiger partial charge in [-0.15, -0.1) is 18.3 Å². The van der Waals surface area contributed by atoms with E-state index in [0.717, 1.165) is 23.9 Å². The number of likely N-dealkylation sites (tertiary alicyclic amines) is 1. The third kappa shape index (κ3) is 5.62. The number of amides is 2. The van der Waals surface area contributed by atoms with Crippen molar-refractivity contribution in [3.8, 4) is 0 Å². The van der Waals surface area contributed by atoms with Crippen molar-refractivity contribution in [2.24, 2.45) is 11.8 Å². The molecule has 0 radical (unpaired) electrons. The van der Waals surface area contributed by atoms with Crippen LogP contribution in [0.4, 0.5) is 0 Å². The normalized spacial score (nSPS) is 25.4. The average molecular weight is 628 g/mol. The lowest BCUT2D eigenvalue weighted by molar-refractivity contribution is -0.157. The molecule has 1 spiro atoms. The first-order chi connectivity index (χ1) is 22.4. The van der Waals surface area contributed by atoms with E-state index in [1.165, 1.54) is 4.90 Å². The van der Waals surface area contributed by atoms with Crippen molar-refractivity contribution in [1.29, 1.82) is 0 Å². The number of benzene rings is 2. The monoisotopic (exact) mass is 627 g/mol. The maximum atomic E-state index is 14.8. The Balaban J connectivity index is 1.35. The van der Waals surface area contributed by atoms with Gasteiger partial charge in [-0.3, -0.25) is 14.4 Å². The summed E-state index contributed by atoms with van der Waals surface area (Å²) in [5, 5.41) is 19.2. The van der Waals surface area contributed by atoms with Gasteiger partial charge in [-0.05, 0) is 56.2 Å². The first kappa shape index (κ1) is 31.6. The number of fused-ring (bicyclic) bond motifs is 2. The van der Waals surface area contributed by atoms with E-state index >= 15 is 0 Å². The van der Waals surface area contributed by atoms with Crippen LogP contribution in [0.1, 0.15) is 37.7 Å². The van der Waals surface area contributed by atoms with Gasteiger partial charge in [-0.25, -0.2) is 4.68 Å². The van der Waals surface area contributed by atoms with E-state index in [1.54, 1.807) is 15.7 Å². The second-order valence-corrected chi connectivity index (χ2v) is 12.3. The number of para-hydroxylation sites is 1. The number of aromatic nitrogens is 3. The highest BCUT2D eigenvalue weighted by Gasteiger charge is 2.75. The van der Waals surface area contributed by atoms with Gasteiger partial charge in [0, 0.05) is 6.54 Å². The fourth-order valence-corrected chi connectivity index (χ4v) is 7.56. The number of hydrogen-bond acceptors (Lipinski definition) is 8. The van der Waals surface area contributed by atoms with Crippen molar-refractivity contribution >= 4 is 28.8 Å². The summed E-state index contributed by atoms with van der Waals surface area (Å²) in [7, 11) is 0. The highest BCUT2D eigenvalue weighted by Crippen LogP contribution is 2.59. The molecular weight excluding hydrogens is 586 g/mol. The largest absolute Gasteiger partial charge is 0.465 e. The molecule has 11 heteroatoms. The molecule has 242 valence electrons. The van der Waals surface area contributed by atoms with Crippen molar-refractivity contribution in [1.82, 2.24) is 24.8 Å². The van der Waals surface area contributed by atoms with Crippen molar-refractivity contribution in [3.63, 3.8) is 0 Å². The third-order valence-electron chi connectivity index (χ3n) is 9.60. The zero-order valence-electron chi connectivity index (χ0n) is 25.9. The molecule has 2 amide bonds. The Kier molecular flexibility index (Phi) is 9.32. The van der Waals surface area contributed by atoms with Gasteiger partial charge in [-0.2, -0.15) is 0 Å². The summed E-state index contributed by atoms with van der Waals surface area (Å²) in [5.74, 6) is -2.93. The number of unbranched alkanes of at least 4 members (excludes halogenated alkanes) is 2. The van der Waals surface area contributed by atoms with Crippen LogP contribution < -0.4 is 0 Å². The minimum Gasteiger partial charge on any atom is -0.465 e. The number of carbonyl (C=O) groups excluding carboxylic acids is 3. The van der Waals surface area contributed by atoms with Crippen LogP contribution in [0.3, 0.4) is 0 Å². The molecule has 1 aromatic heterocycles. The molecule has 2 bridgehead atoms. The van der Waals surface area contributed by atoms with E-state index in [-0.39, 0.29) is 38.2 Å². The summed E-state index contributed by atoms with van der Waals surface area (Å²) in [4.78, 5) is 46.1. The molecule has 6 atom stereocenters. The van der Waals surface area contributed by atoms with Crippen molar-refractivity contribution in [2.75, 3.05) is 19.8 Å². The van der Waals surface area contributed by atoms with Gasteiger partial charge in [0.05, 0.1) is 42.7 Å². The number of aliphatic hydroxyl groups excluding tert-OH is 1. The standard InChI is InChI=1S/C35H41N5O6/c1-3-5-6-12-20-45-34(44)29-28-17-18-35(46-28)30(29)32(42)40(25(22-41)21-24-13-8-7-9-14-24)31(35)33(43)38(19-4-2)23-39-27-16-11-10-15-26(27)36-37-39/h3-4,7-11,13-16,25,28-31,41H,1-2,5-6,12,17-23H2/t25-,28+,29-,30+,31?,35?/m1/s1. The van der Waals surface area contributed by atoms with Crippen molar-refractivity contribution in [2.45, 2.75) is 69.0 Å².